The van der Waals surface area contributed by atoms with E-state index in [4.69, 9.17) is 22.1 Å². The molecule has 94 valence electrons. The zero-order valence-electron chi connectivity index (χ0n) is 10.3. The summed E-state index contributed by atoms with van der Waals surface area (Å²) in [6.07, 6.45) is 4.65. The third-order valence-corrected chi connectivity index (χ3v) is 4.39. The molecule has 2 nitrogen and oxygen atoms in total. The van der Waals surface area contributed by atoms with Crippen LogP contribution in [0.25, 0.3) is 0 Å². The van der Waals surface area contributed by atoms with Crippen molar-refractivity contribution in [2.45, 2.75) is 37.2 Å². The first-order valence-corrected chi connectivity index (χ1v) is 6.57. The van der Waals surface area contributed by atoms with Crippen molar-refractivity contribution in [1.29, 1.82) is 0 Å². The van der Waals surface area contributed by atoms with Crippen LogP contribution >= 0.6 is 11.6 Å². The largest absolute Gasteiger partial charge is 0.381 e. The Labute approximate surface area is 108 Å². The highest BCUT2D eigenvalue weighted by atomic mass is 35.5. The van der Waals surface area contributed by atoms with Gasteiger partial charge in [-0.3, -0.25) is 0 Å². The fourth-order valence-electron chi connectivity index (χ4n) is 2.85. The van der Waals surface area contributed by atoms with Crippen LogP contribution in [0.3, 0.4) is 0 Å². The van der Waals surface area contributed by atoms with Crippen molar-refractivity contribution in [3.8, 4) is 0 Å². The summed E-state index contributed by atoms with van der Waals surface area (Å²) in [5, 5.41) is 0.841. The SMILES string of the molecule is CO[C@H]1CC[C@](CN)(c2ccccc2Cl)CC1. The van der Waals surface area contributed by atoms with Gasteiger partial charge < -0.3 is 10.5 Å². The zero-order valence-corrected chi connectivity index (χ0v) is 11.0. The first-order chi connectivity index (χ1) is 8.22. The molecule has 1 aromatic rings. The lowest BCUT2D eigenvalue weighted by atomic mass is 9.68. The minimum Gasteiger partial charge on any atom is -0.381 e. The molecule has 2 N–H and O–H groups in total. The fourth-order valence-corrected chi connectivity index (χ4v) is 3.19. The lowest BCUT2D eigenvalue weighted by Gasteiger charge is -2.40. The highest BCUT2D eigenvalue weighted by Crippen LogP contribution is 2.42. The summed E-state index contributed by atoms with van der Waals surface area (Å²) in [6.45, 7) is 0.660. The molecule has 0 radical (unpaired) electrons. The van der Waals surface area contributed by atoms with Crippen molar-refractivity contribution in [2.24, 2.45) is 5.73 Å². The third-order valence-electron chi connectivity index (χ3n) is 4.06. The average Bonchev–Trinajstić information content (AvgIpc) is 2.39. The first-order valence-electron chi connectivity index (χ1n) is 6.20. The standard InChI is InChI=1S/C14H20ClNO/c1-17-11-6-8-14(10-16,9-7-11)12-4-2-3-5-13(12)15/h2-5,11H,6-10,16H2,1H3/t11-,14-. The molecule has 1 aromatic carbocycles. The summed E-state index contributed by atoms with van der Waals surface area (Å²) in [4.78, 5) is 0. The zero-order chi connectivity index (χ0) is 12.3. The molecule has 0 heterocycles. The highest BCUT2D eigenvalue weighted by molar-refractivity contribution is 6.31. The number of hydrogen-bond donors (Lipinski definition) is 1. The second kappa shape index (κ2) is 5.38. The van der Waals surface area contributed by atoms with Gasteiger partial charge >= 0.3 is 0 Å². The number of methoxy groups -OCH3 is 1. The summed E-state index contributed by atoms with van der Waals surface area (Å²) in [5.41, 5.74) is 7.28. The van der Waals surface area contributed by atoms with Gasteiger partial charge in [-0.25, -0.2) is 0 Å². The summed E-state index contributed by atoms with van der Waals surface area (Å²) >= 11 is 6.31. The minimum atomic E-state index is 0.0490. The lowest BCUT2D eigenvalue weighted by molar-refractivity contribution is 0.0498. The third kappa shape index (κ3) is 2.49. The van der Waals surface area contributed by atoms with Crippen LogP contribution in [0.4, 0.5) is 0 Å². The Morgan fingerprint density at radius 1 is 1.35 bits per heavy atom. The molecule has 0 spiro atoms. The van der Waals surface area contributed by atoms with Gasteiger partial charge in [0.15, 0.2) is 0 Å². The Hall–Kier alpha value is -0.570. The van der Waals surface area contributed by atoms with Crippen molar-refractivity contribution in [3.63, 3.8) is 0 Å². The van der Waals surface area contributed by atoms with Gasteiger partial charge in [-0.15, -0.1) is 0 Å². The smallest absolute Gasteiger partial charge is 0.0572 e. The van der Waals surface area contributed by atoms with E-state index in [-0.39, 0.29) is 5.41 Å². The van der Waals surface area contributed by atoms with E-state index in [0.717, 1.165) is 30.7 Å². The number of halogens is 1. The van der Waals surface area contributed by atoms with E-state index in [1.807, 2.05) is 18.2 Å². The maximum absolute atomic E-state index is 6.31. The van der Waals surface area contributed by atoms with E-state index in [1.54, 1.807) is 7.11 Å². The van der Waals surface area contributed by atoms with Crippen LogP contribution in [0.1, 0.15) is 31.2 Å². The Balaban J connectivity index is 2.24. The molecule has 1 saturated carbocycles. The molecule has 17 heavy (non-hydrogen) atoms. The van der Waals surface area contributed by atoms with Crippen LogP contribution in [0.5, 0.6) is 0 Å². The predicted molar refractivity (Wildman–Crippen MR) is 71.4 cm³/mol. The summed E-state index contributed by atoms with van der Waals surface area (Å²) < 4.78 is 5.42. The molecular weight excluding hydrogens is 234 g/mol. The van der Waals surface area contributed by atoms with Crippen LogP contribution < -0.4 is 5.73 Å². The predicted octanol–water partition coefficient (Wildman–Crippen LogP) is 3.13. The van der Waals surface area contributed by atoms with Gasteiger partial charge in [-0.05, 0) is 37.3 Å². The van der Waals surface area contributed by atoms with E-state index in [2.05, 4.69) is 6.07 Å². The van der Waals surface area contributed by atoms with Crippen molar-refractivity contribution < 1.29 is 4.74 Å². The second-order valence-electron chi connectivity index (χ2n) is 4.90. The van der Waals surface area contributed by atoms with Crippen LogP contribution in [-0.4, -0.2) is 19.8 Å². The fraction of sp³-hybridized carbons (Fsp3) is 0.571. The monoisotopic (exact) mass is 253 g/mol. The number of ether oxygens (including phenoxy) is 1. The molecule has 0 aliphatic heterocycles. The molecule has 0 atom stereocenters. The van der Waals surface area contributed by atoms with E-state index in [0.29, 0.717) is 12.6 Å². The normalized spacial score (nSPS) is 29.2. The van der Waals surface area contributed by atoms with Crippen LogP contribution in [0, 0.1) is 0 Å². The molecule has 3 heteroatoms. The van der Waals surface area contributed by atoms with Crippen molar-refractivity contribution in [1.82, 2.24) is 0 Å². The molecular formula is C14H20ClNO. The lowest BCUT2D eigenvalue weighted by Crippen LogP contribution is -2.40. The van der Waals surface area contributed by atoms with Gasteiger partial charge in [0, 0.05) is 24.1 Å². The van der Waals surface area contributed by atoms with Gasteiger partial charge in [0.1, 0.15) is 0 Å². The van der Waals surface area contributed by atoms with Gasteiger partial charge in [0.25, 0.3) is 0 Å². The quantitative estimate of drug-likeness (QED) is 0.898. The number of benzene rings is 1. The Kier molecular flexibility index (Phi) is 4.08. The summed E-state index contributed by atoms with van der Waals surface area (Å²) in [6, 6.07) is 8.08. The summed E-state index contributed by atoms with van der Waals surface area (Å²) in [5.74, 6) is 0. The molecule has 1 fully saturated rings. The average molecular weight is 254 g/mol. The van der Waals surface area contributed by atoms with E-state index in [1.165, 1.54) is 5.56 Å². The minimum absolute atomic E-state index is 0.0490. The van der Waals surface area contributed by atoms with E-state index < -0.39 is 0 Å². The van der Waals surface area contributed by atoms with Crippen molar-refractivity contribution >= 4 is 11.6 Å². The Morgan fingerprint density at radius 2 is 2.00 bits per heavy atom. The van der Waals surface area contributed by atoms with Gasteiger partial charge in [-0.2, -0.15) is 0 Å². The van der Waals surface area contributed by atoms with E-state index in [9.17, 15) is 0 Å². The second-order valence-corrected chi connectivity index (χ2v) is 5.31. The number of rotatable bonds is 3. The van der Waals surface area contributed by atoms with Crippen molar-refractivity contribution in [2.75, 3.05) is 13.7 Å². The topological polar surface area (TPSA) is 35.2 Å². The molecule has 1 aliphatic rings. The molecule has 0 amide bonds. The number of hydrogen-bond acceptors (Lipinski definition) is 2. The molecule has 1 aliphatic carbocycles. The maximum Gasteiger partial charge on any atom is 0.0572 e. The van der Waals surface area contributed by atoms with Gasteiger partial charge in [-0.1, -0.05) is 29.8 Å². The van der Waals surface area contributed by atoms with Gasteiger partial charge in [0.2, 0.25) is 0 Å². The molecule has 0 aromatic heterocycles. The highest BCUT2D eigenvalue weighted by Gasteiger charge is 2.36. The Bertz CT molecular complexity index is 372. The molecule has 0 unspecified atom stereocenters. The first kappa shape index (κ1) is 12.9. The Morgan fingerprint density at radius 3 is 2.53 bits per heavy atom. The van der Waals surface area contributed by atoms with Gasteiger partial charge in [0.05, 0.1) is 6.10 Å². The molecule has 2 rings (SSSR count). The van der Waals surface area contributed by atoms with Crippen LogP contribution in [-0.2, 0) is 10.2 Å². The van der Waals surface area contributed by atoms with Crippen LogP contribution in [0.2, 0.25) is 5.02 Å². The van der Waals surface area contributed by atoms with Crippen molar-refractivity contribution in [3.05, 3.63) is 34.9 Å². The number of nitrogens with two attached hydrogens (primary N) is 1. The van der Waals surface area contributed by atoms with Crippen LogP contribution in [0.15, 0.2) is 24.3 Å². The summed E-state index contributed by atoms with van der Waals surface area (Å²) in [7, 11) is 1.79. The maximum atomic E-state index is 6.31. The molecule has 0 bridgehead atoms. The van der Waals surface area contributed by atoms with E-state index >= 15 is 0 Å². The molecule has 0 saturated heterocycles.